The summed E-state index contributed by atoms with van der Waals surface area (Å²) < 4.78 is 5.62. The summed E-state index contributed by atoms with van der Waals surface area (Å²) in [4.78, 5) is 0.919. The zero-order chi connectivity index (χ0) is 11.2. The summed E-state index contributed by atoms with van der Waals surface area (Å²) in [6, 6.07) is 17.0. The first kappa shape index (κ1) is 10.6. The Balaban J connectivity index is 2.09. The predicted molar refractivity (Wildman–Crippen MR) is 64.4 cm³/mol. The van der Waals surface area contributed by atoms with E-state index in [1.54, 1.807) is 0 Å². The fourth-order valence-corrected chi connectivity index (χ4v) is 1.63. The molecule has 2 rings (SSSR count). The Kier molecular flexibility index (Phi) is 3.47. The highest BCUT2D eigenvalue weighted by atomic mass is 32.2. The molecule has 0 fully saturated rings. The molecule has 0 aliphatic rings. The minimum absolute atomic E-state index is 0.772. The lowest BCUT2D eigenvalue weighted by atomic mass is 10.3. The molecule has 16 heavy (non-hydrogen) atoms. The van der Waals surface area contributed by atoms with Crippen molar-refractivity contribution in [3.8, 4) is 16.9 Å². The van der Waals surface area contributed by atoms with Crippen LogP contribution in [-0.2, 0) is 0 Å². The van der Waals surface area contributed by atoms with E-state index in [9.17, 15) is 0 Å². The lowest BCUT2D eigenvalue weighted by molar-refractivity contribution is 0.482. The largest absolute Gasteiger partial charge is 0.457 e. The molecule has 0 amide bonds. The Morgan fingerprint density at radius 2 is 1.50 bits per heavy atom. The Hall–Kier alpha value is -1.92. The number of hydrogen-bond acceptors (Lipinski definition) is 3. The Labute approximate surface area is 98.5 Å². The van der Waals surface area contributed by atoms with Crippen molar-refractivity contribution in [2.45, 2.75) is 4.90 Å². The van der Waals surface area contributed by atoms with Crippen molar-refractivity contribution in [1.29, 1.82) is 5.26 Å². The first-order valence-electron chi connectivity index (χ1n) is 4.77. The number of nitrogens with zero attached hydrogens (tertiary/aromatic N) is 1. The Bertz CT molecular complexity index is 488. The zero-order valence-electron chi connectivity index (χ0n) is 8.46. The standard InChI is InChI=1S/C13H9NOS/c14-10-16-13-8-6-12(7-9-13)15-11-4-2-1-3-5-11/h1-9H. The maximum Gasteiger partial charge on any atom is 0.138 e. The van der Waals surface area contributed by atoms with Crippen LogP contribution < -0.4 is 4.74 Å². The van der Waals surface area contributed by atoms with Gasteiger partial charge in [0.1, 0.15) is 16.9 Å². The fraction of sp³-hybridized carbons (Fsp3) is 0. The van der Waals surface area contributed by atoms with Gasteiger partial charge < -0.3 is 4.74 Å². The number of benzene rings is 2. The topological polar surface area (TPSA) is 33.0 Å². The van der Waals surface area contributed by atoms with Gasteiger partial charge in [-0.05, 0) is 48.2 Å². The summed E-state index contributed by atoms with van der Waals surface area (Å²) in [5.74, 6) is 1.58. The van der Waals surface area contributed by atoms with Crippen LogP contribution in [0.4, 0.5) is 0 Å². The molecule has 2 aromatic rings. The summed E-state index contributed by atoms with van der Waals surface area (Å²) >= 11 is 1.14. The number of hydrogen-bond donors (Lipinski definition) is 0. The van der Waals surface area contributed by atoms with Gasteiger partial charge in [-0.1, -0.05) is 18.2 Å². The molecule has 0 atom stereocenters. The maximum absolute atomic E-state index is 8.51. The summed E-state index contributed by atoms with van der Waals surface area (Å²) in [6.45, 7) is 0. The molecule has 0 radical (unpaired) electrons. The third-order valence-electron chi connectivity index (χ3n) is 1.97. The molecule has 0 bridgehead atoms. The van der Waals surface area contributed by atoms with Crippen LogP contribution in [0.5, 0.6) is 11.5 Å². The van der Waals surface area contributed by atoms with Gasteiger partial charge in [-0.15, -0.1) is 0 Å². The van der Waals surface area contributed by atoms with Crippen molar-refractivity contribution in [1.82, 2.24) is 0 Å². The van der Waals surface area contributed by atoms with E-state index in [-0.39, 0.29) is 0 Å². The quantitative estimate of drug-likeness (QED) is 0.585. The van der Waals surface area contributed by atoms with Crippen LogP contribution in [0.15, 0.2) is 59.5 Å². The van der Waals surface area contributed by atoms with Crippen molar-refractivity contribution in [3.63, 3.8) is 0 Å². The van der Waals surface area contributed by atoms with E-state index in [0.29, 0.717) is 0 Å². The zero-order valence-corrected chi connectivity index (χ0v) is 9.28. The van der Waals surface area contributed by atoms with Gasteiger partial charge in [0.25, 0.3) is 0 Å². The highest BCUT2D eigenvalue weighted by Crippen LogP contribution is 2.24. The summed E-state index contributed by atoms with van der Waals surface area (Å²) in [5, 5.41) is 10.5. The molecule has 3 heteroatoms. The molecule has 0 saturated carbocycles. The van der Waals surface area contributed by atoms with Crippen LogP contribution >= 0.6 is 11.8 Å². The Morgan fingerprint density at radius 3 is 2.12 bits per heavy atom. The molecular formula is C13H9NOS. The summed E-state index contributed by atoms with van der Waals surface area (Å²) in [5.41, 5.74) is 0. The van der Waals surface area contributed by atoms with Gasteiger partial charge >= 0.3 is 0 Å². The molecule has 2 nitrogen and oxygen atoms in total. The van der Waals surface area contributed by atoms with E-state index in [2.05, 4.69) is 0 Å². The van der Waals surface area contributed by atoms with Crippen LogP contribution in [0, 0.1) is 10.7 Å². The SMILES string of the molecule is N#CSc1ccc(Oc2ccccc2)cc1. The third kappa shape index (κ3) is 2.78. The minimum atomic E-state index is 0.772. The van der Waals surface area contributed by atoms with E-state index in [1.165, 1.54) is 0 Å². The van der Waals surface area contributed by atoms with Crippen LogP contribution in [-0.4, -0.2) is 0 Å². The minimum Gasteiger partial charge on any atom is -0.457 e. The van der Waals surface area contributed by atoms with Gasteiger partial charge in [-0.2, -0.15) is 5.26 Å². The van der Waals surface area contributed by atoms with Crippen LogP contribution in [0.25, 0.3) is 0 Å². The van der Waals surface area contributed by atoms with Gasteiger partial charge in [0.2, 0.25) is 0 Å². The van der Waals surface area contributed by atoms with Crippen LogP contribution in [0.2, 0.25) is 0 Å². The van der Waals surface area contributed by atoms with Gasteiger partial charge in [-0.3, -0.25) is 0 Å². The molecule has 0 N–H and O–H groups in total. The average Bonchev–Trinajstić information content (AvgIpc) is 2.33. The van der Waals surface area contributed by atoms with E-state index in [0.717, 1.165) is 28.2 Å². The van der Waals surface area contributed by atoms with Crippen LogP contribution in [0.3, 0.4) is 0 Å². The van der Waals surface area contributed by atoms with Crippen molar-refractivity contribution in [2.24, 2.45) is 0 Å². The van der Waals surface area contributed by atoms with Gasteiger partial charge in [-0.25, -0.2) is 0 Å². The number of thioether (sulfide) groups is 1. The second-order valence-corrected chi connectivity index (χ2v) is 3.94. The Morgan fingerprint density at radius 1 is 0.875 bits per heavy atom. The molecular weight excluding hydrogens is 218 g/mol. The smallest absolute Gasteiger partial charge is 0.138 e. The molecule has 2 aromatic carbocycles. The number of rotatable bonds is 3. The van der Waals surface area contributed by atoms with Crippen molar-refractivity contribution in [2.75, 3.05) is 0 Å². The normalized spacial score (nSPS) is 9.44. The highest BCUT2D eigenvalue weighted by Gasteiger charge is 1.97. The lowest BCUT2D eigenvalue weighted by Gasteiger charge is -2.05. The van der Waals surface area contributed by atoms with Gasteiger partial charge in [0.15, 0.2) is 0 Å². The second-order valence-electron chi connectivity index (χ2n) is 3.08. The van der Waals surface area contributed by atoms with Crippen molar-refractivity contribution < 1.29 is 4.74 Å². The summed E-state index contributed by atoms with van der Waals surface area (Å²) in [6.07, 6.45) is 0. The number of para-hydroxylation sites is 1. The van der Waals surface area contributed by atoms with Crippen LogP contribution in [0.1, 0.15) is 0 Å². The number of thiocyanates is 1. The molecule has 0 spiro atoms. The highest BCUT2D eigenvalue weighted by molar-refractivity contribution is 8.03. The molecule has 78 valence electrons. The molecule has 0 aromatic heterocycles. The van der Waals surface area contributed by atoms with E-state index in [4.69, 9.17) is 10.00 Å². The van der Waals surface area contributed by atoms with E-state index < -0.39 is 0 Å². The predicted octanol–water partition coefficient (Wildman–Crippen LogP) is 4.05. The molecule has 0 unspecified atom stereocenters. The van der Waals surface area contributed by atoms with E-state index in [1.807, 2.05) is 60.0 Å². The summed E-state index contributed by atoms with van der Waals surface area (Å²) in [7, 11) is 0. The maximum atomic E-state index is 8.51. The van der Waals surface area contributed by atoms with E-state index >= 15 is 0 Å². The average molecular weight is 227 g/mol. The molecule has 0 aliphatic heterocycles. The van der Waals surface area contributed by atoms with Gasteiger partial charge in [0.05, 0.1) is 0 Å². The fourth-order valence-electron chi connectivity index (χ4n) is 1.25. The second kappa shape index (κ2) is 5.24. The first-order chi connectivity index (χ1) is 7.88. The third-order valence-corrected chi connectivity index (χ3v) is 2.57. The number of nitriles is 1. The van der Waals surface area contributed by atoms with Crippen molar-refractivity contribution in [3.05, 3.63) is 54.6 Å². The monoisotopic (exact) mass is 227 g/mol. The van der Waals surface area contributed by atoms with Gasteiger partial charge in [0, 0.05) is 4.90 Å². The lowest BCUT2D eigenvalue weighted by Crippen LogP contribution is -1.82. The first-order valence-corrected chi connectivity index (χ1v) is 5.59. The molecule has 0 heterocycles. The van der Waals surface area contributed by atoms with Crippen molar-refractivity contribution >= 4 is 11.8 Å². The number of ether oxygens (including phenoxy) is 1. The molecule has 0 saturated heterocycles. The molecule has 0 aliphatic carbocycles.